The first-order chi connectivity index (χ1) is 9.22. The summed E-state index contributed by atoms with van der Waals surface area (Å²) in [6.07, 6.45) is 2.73. The Morgan fingerprint density at radius 3 is 2.53 bits per heavy atom. The van der Waals surface area contributed by atoms with Crippen LogP contribution in [0.25, 0.3) is 0 Å². The Labute approximate surface area is 114 Å². The molecule has 0 bridgehead atoms. The molecule has 1 heterocycles. The molecule has 1 atom stereocenters. The van der Waals surface area contributed by atoms with Crippen LogP contribution in [0.1, 0.15) is 23.9 Å². The summed E-state index contributed by atoms with van der Waals surface area (Å²) in [7, 11) is 1.98. The second kappa shape index (κ2) is 6.53. The van der Waals surface area contributed by atoms with Gasteiger partial charge in [-0.3, -0.25) is 4.68 Å². The average Bonchev–Trinajstić information content (AvgIpc) is 2.80. The van der Waals surface area contributed by atoms with E-state index in [9.17, 15) is 5.11 Å². The Morgan fingerprint density at radius 1 is 1.21 bits per heavy atom. The minimum absolute atomic E-state index is 0.210. The molecule has 2 aromatic rings. The minimum Gasteiger partial charge on any atom is -0.396 e. The smallest absolute Gasteiger partial charge is 0.0624 e. The Balaban J connectivity index is 2.04. The monoisotopic (exact) mass is 258 g/mol. The lowest BCUT2D eigenvalue weighted by Gasteiger charge is -2.14. The molecular formula is C16H22N2O. The van der Waals surface area contributed by atoms with E-state index in [1.54, 1.807) is 0 Å². The van der Waals surface area contributed by atoms with Crippen molar-refractivity contribution in [1.29, 1.82) is 0 Å². The van der Waals surface area contributed by atoms with E-state index in [0.717, 1.165) is 25.0 Å². The second-order valence-electron chi connectivity index (χ2n) is 5.05. The fraction of sp³-hybridized carbons (Fsp3) is 0.438. The van der Waals surface area contributed by atoms with Crippen molar-refractivity contribution in [2.24, 2.45) is 13.0 Å². The van der Waals surface area contributed by atoms with E-state index in [1.165, 1.54) is 11.3 Å². The lowest BCUT2D eigenvalue weighted by atomic mass is 9.95. The van der Waals surface area contributed by atoms with Gasteiger partial charge in [0, 0.05) is 19.3 Å². The Hall–Kier alpha value is -1.61. The number of hydrogen-bond acceptors (Lipinski definition) is 2. The summed E-state index contributed by atoms with van der Waals surface area (Å²) in [4.78, 5) is 0. The molecule has 1 aromatic carbocycles. The Bertz CT molecular complexity index is 505. The topological polar surface area (TPSA) is 38.0 Å². The van der Waals surface area contributed by atoms with Crippen molar-refractivity contribution in [3.8, 4) is 0 Å². The van der Waals surface area contributed by atoms with Gasteiger partial charge in [-0.1, -0.05) is 37.3 Å². The van der Waals surface area contributed by atoms with Crippen LogP contribution in [0.15, 0.2) is 36.4 Å². The summed E-state index contributed by atoms with van der Waals surface area (Å²) in [5.74, 6) is 0.252. The summed E-state index contributed by atoms with van der Waals surface area (Å²) < 4.78 is 1.94. The zero-order chi connectivity index (χ0) is 13.7. The van der Waals surface area contributed by atoms with Gasteiger partial charge in [-0.15, -0.1) is 0 Å². The van der Waals surface area contributed by atoms with Crippen molar-refractivity contribution in [2.45, 2.75) is 26.2 Å². The molecule has 0 spiro atoms. The Morgan fingerprint density at radius 2 is 1.95 bits per heavy atom. The molecule has 1 aromatic heterocycles. The van der Waals surface area contributed by atoms with Crippen molar-refractivity contribution in [3.05, 3.63) is 53.3 Å². The summed E-state index contributed by atoms with van der Waals surface area (Å²) in [6.45, 7) is 2.32. The van der Waals surface area contributed by atoms with Crippen molar-refractivity contribution in [3.63, 3.8) is 0 Å². The third-order valence-electron chi connectivity index (χ3n) is 3.51. The number of aliphatic hydroxyl groups is 1. The first-order valence-corrected chi connectivity index (χ1v) is 6.89. The van der Waals surface area contributed by atoms with Crippen LogP contribution >= 0.6 is 0 Å². The maximum absolute atomic E-state index is 9.57. The van der Waals surface area contributed by atoms with Crippen LogP contribution in [-0.4, -0.2) is 21.5 Å². The Kier molecular flexibility index (Phi) is 4.74. The highest BCUT2D eigenvalue weighted by Crippen LogP contribution is 2.15. The molecule has 3 heteroatoms. The third-order valence-corrected chi connectivity index (χ3v) is 3.51. The van der Waals surface area contributed by atoms with Gasteiger partial charge in [-0.2, -0.15) is 5.10 Å². The predicted molar refractivity (Wildman–Crippen MR) is 77.0 cm³/mol. The molecule has 0 saturated heterocycles. The van der Waals surface area contributed by atoms with E-state index in [-0.39, 0.29) is 12.5 Å². The molecule has 0 aliphatic heterocycles. The zero-order valence-corrected chi connectivity index (χ0v) is 11.7. The van der Waals surface area contributed by atoms with Crippen molar-refractivity contribution < 1.29 is 5.11 Å². The lowest BCUT2D eigenvalue weighted by Crippen LogP contribution is -2.15. The van der Waals surface area contributed by atoms with Crippen LogP contribution in [0.4, 0.5) is 0 Å². The highest BCUT2D eigenvalue weighted by atomic mass is 16.3. The van der Waals surface area contributed by atoms with Crippen LogP contribution < -0.4 is 0 Å². The maximum Gasteiger partial charge on any atom is 0.0624 e. The maximum atomic E-state index is 9.57. The van der Waals surface area contributed by atoms with Crippen LogP contribution in [0, 0.1) is 5.92 Å². The van der Waals surface area contributed by atoms with E-state index in [1.807, 2.05) is 29.9 Å². The molecule has 0 radical (unpaired) electrons. The highest BCUT2D eigenvalue weighted by molar-refractivity contribution is 5.17. The predicted octanol–water partition coefficient (Wildman–Crippen LogP) is 2.38. The second-order valence-corrected chi connectivity index (χ2v) is 5.05. The summed E-state index contributed by atoms with van der Waals surface area (Å²) in [6, 6.07) is 12.5. The number of rotatable bonds is 6. The van der Waals surface area contributed by atoms with Gasteiger partial charge in [-0.05, 0) is 36.8 Å². The third kappa shape index (κ3) is 3.67. The molecule has 0 saturated carbocycles. The SMILES string of the molecule is CCc1cc(CC(CO)Cc2ccccc2)n(C)n1. The number of aromatic nitrogens is 2. The molecule has 0 aliphatic carbocycles. The van der Waals surface area contributed by atoms with Crippen LogP contribution in [0.3, 0.4) is 0 Å². The molecule has 19 heavy (non-hydrogen) atoms. The highest BCUT2D eigenvalue weighted by Gasteiger charge is 2.13. The van der Waals surface area contributed by atoms with E-state index in [2.05, 4.69) is 30.2 Å². The van der Waals surface area contributed by atoms with Crippen LogP contribution in [0.5, 0.6) is 0 Å². The van der Waals surface area contributed by atoms with E-state index < -0.39 is 0 Å². The quantitative estimate of drug-likeness (QED) is 0.864. The van der Waals surface area contributed by atoms with Crippen LogP contribution in [-0.2, 0) is 26.3 Å². The van der Waals surface area contributed by atoms with Crippen molar-refractivity contribution in [2.75, 3.05) is 6.61 Å². The molecule has 3 nitrogen and oxygen atoms in total. The molecule has 0 aliphatic rings. The molecule has 1 unspecified atom stereocenters. The van der Waals surface area contributed by atoms with E-state index in [0.29, 0.717) is 0 Å². The lowest BCUT2D eigenvalue weighted by molar-refractivity contribution is 0.223. The zero-order valence-electron chi connectivity index (χ0n) is 11.7. The number of aliphatic hydroxyl groups excluding tert-OH is 1. The minimum atomic E-state index is 0.210. The van der Waals surface area contributed by atoms with Crippen molar-refractivity contribution >= 4 is 0 Å². The van der Waals surface area contributed by atoms with Crippen molar-refractivity contribution in [1.82, 2.24) is 9.78 Å². The van der Waals surface area contributed by atoms with Gasteiger partial charge < -0.3 is 5.11 Å². The summed E-state index contributed by atoms with van der Waals surface area (Å²) >= 11 is 0. The van der Waals surface area contributed by atoms with Gasteiger partial charge in [0.25, 0.3) is 0 Å². The van der Waals surface area contributed by atoms with E-state index in [4.69, 9.17) is 0 Å². The van der Waals surface area contributed by atoms with Gasteiger partial charge >= 0.3 is 0 Å². The first kappa shape index (κ1) is 13.8. The molecular weight excluding hydrogens is 236 g/mol. The summed E-state index contributed by atoms with van der Waals surface area (Å²) in [5.41, 5.74) is 3.60. The summed E-state index contributed by atoms with van der Waals surface area (Å²) in [5, 5.41) is 14.0. The normalized spacial score (nSPS) is 12.6. The van der Waals surface area contributed by atoms with Gasteiger partial charge in [-0.25, -0.2) is 0 Å². The van der Waals surface area contributed by atoms with E-state index >= 15 is 0 Å². The average molecular weight is 258 g/mol. The van der Waals surface area contributed by atoms with Crippen LogP contribution in [0.2, 0.25) is 0 Å². The van der Waals surface area contributed by atoms with Gasteiger partial charge in [0.05, 0.1) is 5.69 Å². The largest absolute Gasteiger partial charge is 0.396 e. The number of nitrogens with zero attached hydrogens (tertiary/aromatic N) is 2. The first-order valence-electron chi connectivity index (χ1n) is 6.89. The molecule has 2 rings (SSSR count). The molecule has 1 N–H and O–H groups in total. The molecule has 0 fully saturated rings. The fourth-order valence-electron chi connectivity index (χ4n) is 2.38. The standard InChI is InChI=1S/C16H22N2O/c1-3-15-11-16(18(2)17-15)10-14(12-19)9-13-7-5-4-6-8-13/h4-8,11,14,19H,3,9-10,12H2,1-2H3. The molecule has 102 valence electrons. The van der Waals surface area contributed by atoms with Gasteiger partial charge in [0.15, 0.2) is 0 Å². The number of hydrogen-bond donors (Lipinski definition) is 1. The number of benzene rings is 1. The van der Waals surface area contributed by atoms with Gasteiger partial charge in [0.2, 0.25) is 0 Å². The van der Waals surface area contributed by atoms with Gasteiger partial charge in [0.1, 0.15) is 0 Å². The molecule has 0 amide bonds. The number of aryl methyl sites for hydroxylation is 2. The fourth-order valence-corrected chi connectivity index (χ4v) is 2.38.